The van der Waals surface area contributed by atoms with Crippen molar-refractivity contribution in [2.75, 3.05) is 13.1 Å². The van der Waals surface area contributed by atoms with Gasteiger partial charge in [-0.3, -0.25) is 25.1 Å². The molecule has 2 aromatic carbocycles. The van der Waals surface area contributed by atoms with Gasteiger partial charge in [0.15, 0.2) is 5.78 Å². The number of amides is 1. The number of benzene rings is 2. The number of carbonyl (C=O) groups is 2. The number of rotatable bonds is 2. The Balaban J connectivity index is 1.38. The van der Waals surface area contributed by atoms with Crippen LogP contribution in [0.25, 0.3) is 0 Å². The molecule has 6 nitrogen and oxygen atoms in total. The minimum Gasteiger partial charge on any atom is -0.328 e. The van der Waals surface area contributed by atoms with Crippen molar-refractivity contribution in [2.24, 2.45) is 23.7 Å². The van der Waals surface area contributed by atoms with E-state index in [9.17, 15) is 9.59 Å². The van der Waals surface area contributed by atoms with Crippen molar-refractivity contribution in [1.29, 1.82) is 0 Å². The highest BCUT2D eigenvalue weighted by molar-refractivity contribution is 6.04. The van der Waals surface area contributed by atoms with Crippen LogP contribution in [0.2, 0.25) is 0 Å². The molecule has 3 saturated heterocycles. The molecule has 0 aromatic heterocycles. The van der Waals surface area contributed by atoms with Crippen molar-refractivity contribution >= 4 is 11.7 Å². The number of piperidine rings is 2. The first-order valence-electron chi connectivity index (χ1n) is 12.7. The van der Waals surface area contributed by atoms with Gasteiger partial charge in [0.25, 0.3) is 0 Å². The SMILES string of the molecule is Cc1ccc(C2C3C(=O)NC(N4CC(C)CC(C)C4)NC3NC3c4ccccc4C(=O)C32)cc1. The van der Waals surface area contributed by atoms with Gasteiger partial charge in [-0.1, -0.05) is 67.9 Å². The lowest BCUT2D eigenvalue weighted by molar-refractivity contribution is -0.138. The number of hydrogen-bond acceptors (Lipinski definition) is 5. The predicted molar refractivity (Wildman–Crippen MR) is 131 cm³/mol. The first-order chi connectivity index (χ1) is 16.4. The van der Waals surface area contributed by atoms with Gasteiger partial charge >= 0.3 is 0 Å². The molecule has 1 amide bonds. The lowest BCUT2D eigenvalue weighted by Crippen LogP contribution is -2.74. The third-order valence-electron chi connectivity index (χ3n) is 8.36. The highest BCUT2D eigenvalue weighted by Gasteiger charge is 2.57. The monoisotopic (exact) mass is 458 g/mol. The molecule has 6 rings (SSSR count). The summed E-state index contributed by atoms with van der Waals surface area (Å²) in [5, 5.41) is 10.7. The number of likely N-dealkylation sites (tertiary alicyclic amines) is 1. The molecular weight excluding hydrogens is 424 g/mol. The summed E-state index contributed by atoms with van der Waals surface area (Å²) in [7, 11) is 0. The smallest absolute Gasteiger partial charge is 0.228 e. The Morgan fingerprint density at radius 3 is 2.29 bits per heavy atom. The van der Waals surface area contributed by atoms with Crippen LogP contribution in [0, 0.1) is 30.6 Å². The average molecular weight is 459 g/mol. The summed E-state index contributed by atoms with van der Waals surface area (Å²) in [6.45, 7) is 8.57. The molecule has 1 aliphatic carbocycles. The van der Waals surface area contributed by atoms with E-state index in [1.807, 2.05) is 18.2 Å². The Bertz CT molecular complexity index is 1110. The zero-order chi connectivity index (χ0) is 23.6. The van der Waals surface area contributed by atoms with Crippen LogP contribution in [0.15, 0.2) is 48.5 Å². The van der Waals surface area contributed by atoms with E-state index in [0.29, 0.717) is 11.8 Å². The maximum atomic E-state index is 13.7. The van der Waals surface area contributed by atoms with Crippen molar-refractivity contribution in [3.05, 3.63) is 70.8 Å². The molecule has 8 atom stereocenters. The molecule has 0 spiro atoms. The molecule has 0 bridgehead atoms. The summed E-state index contributed by atoms with van der Waals surface area (Å²) in [6.07, 6.45) is 0.811. The van der Waals surface area contributed by atoms with Gasteiger partial charge in [-0.15, -0.1) is 0 Å². The zero-order valence-corrected chi connectivity index (χ0v) is 20.1. The first-order valence-corrected chi connectivity index (χ1v) is 12.7. The quantitative estimate of drug-likeness (QED) is 0.645. The molecule has 8 unspecified atom stereocenters. The summed E-state index contributed by atoms with van der Waals surface area (Å²) in [5.41, 5.74) is 4.08. The van der Waals surface area contributed by atoms with E-state index in [1.165, 1.54) is 12.0 Å². The second kappa shape index (κ2) is 8.29. The number of aryl methyl sites for hydroxylation is 1. The molecular formula is C28H34N4O2. The van der Waals surface area contributed by atoms with E-state index in [2.05, 4.69) is 72.0 Å². The molecule has 178 valence electrons. The van der Waals surface area contributed by atoms with Crippen LogP contribution in [0.1, 0.15) is 59.3 Å². The highest BCUT2D eigenvalue weighted by Crippen LogP contribution is 2.51. The molecule has 3 aliphatic heterocycles. The van der Waals surface area contributed by atoms with Gasteiger partial charge in [-0.05, 0) is 36.3 Å². The summed E-state index contributed by atoms with van der Waals surface area (Å²) < 4.78 is 0. The van der Waals surface area contributed by atoms with Crippen molar-refractivity contribution in [2.45, 2.75) is 51.6 Å². The van der Waals surface area contributed by atoms with Gasteiger partial charge in [0.05, 0.1) is 12.1 Å². The lowest BCUT2D eigenvalue weighted by Gasteiger charge is -2.52. The summed E-state index contributed by atoms with van der Waals surface area (Å²) in [5.74, 6) is 0.528. The van der Waals surface area contributed by atoms with Gasteiger partial charge in [0, 0.05) is 36.5 Å². The standard InChI is InChI=1S/C28H34N4O2/c1-15-8-10-18(11-9-15)21-22-24(19-6-4-5-7-20(19)25(22)33)29-26-23(21)27(34)31-28(30-26)32-13-16(2)12-17(3)14-32/h4-11,16-17,21-24,26,28-30H,12-14H2,1-3H3,(H,31,34). The molecule has 34 heavy (non-hydrogen) atoms. The van der Waals surface area contributed by atoms with E-state index < -0.39 is 0 Å². The topological polar surface area (TPSA) is 73.5 Å². The van der Waals surface area contributed by atoms with Crippen LogP contribution in [-0.4, -0.2) is 42.1 Å². The Hall–Kier alpha value is -2.54. The number of hydrogen-bond donors (Lipinski definition) is 3. The minimum atomic E-state index is -0.363. The zero-order valence-electron chi connectivity index (χ0n) is 20.1. The molecule has 6 heteroatoms. The van der Waals surface area contributed by atoms with Crippen LogP contribution in [0.5, 0.6) is 0 Å². The summed E-state index contributed by atoms with van der Waals surface area (Å²) in [6, 6.07) is 16.2. The summed E-state index contributed by atoms with van der Waals surface area (Å²) >= 11 is 0. The van der Waals surface area contributed by atoms with Crippen LogP contribution in [0.4, 0.5) is 0 Å². The molecule has 0 saturated carbocycles. The number of Topliss-reactive ketones (excluding diaryl/α,β-unsaturated/α-hetero) is 1. The number of nitrogens with one attached hydrogen (secondary N) is 3. The highest BCUT2D eigenvalue weighted by atomic mass is 16.2. The third kappa shape index (κ3) is 3.51. The van der Waals surface area contributed by atoms with Crippen molar-refractivity contribution in [1.82, 2.24) is 20.9 Å². The van der Waals surface area contributed by atoms with Crippen molar-refractivity contribution < 1.29 is 9.59 Å². The van der Waals surface area contributed by atoms with Gasteiger partial charge in [0.1, 0.15) is 6.29 Å². The molecule has 3 fully saturated rings. The fourth-order valence-corrected chi connectivity index (χ4v) is 7.04. The molecule has 3 heterocycles. The van der Waals surface area contributed by atoms with E-state index in [1.54, 1.807) is 0 Å². The average Bonchev–Trinajstić information content (AvgIpc) is 3.09. The van der Waals surface area contributed by atoms with Crippen molar-refractivity contribution in [3.63, 3.8) is 0 Å². The number of nitrogens with zero attached hydrogens (tertiary/aromatic N) is 1. The van der Waals surface area contributed by atoms with Gasteiger partial charge in [-0.25, -0.2) is 0 Å². The number of carbonyl (C=O) groups excluding carboxylic acids is 2. The largest absolute Gasteiger partial charge is 0.328 e. The fourth-order valence-electron chi connectivity index (χ4n) is 7.04. The normalized spacial score (nSPS) is 37.5. The first kappa shape index (κ1) is 22.0. The van der Waals surface area contributed by atoms with E-state index >= 15 is 0 Å². The van der Waals surface area contributed by atoms with Crippen LogP contribution >= 0.6 is 0 Å². The van der Waals surface area contributed by atoms with Gasteiger partial charge < -0.3 is 5.32 Å². The van der Waals surface area contributed by atoms with Crippen LogP contribution < -0.4 is 16.0 Å². The second-order valence-corrected chi connectivity index (χ2v) is 11.0. The van der Waals surface area contributed by atoms with Gasteiger partial charge in [-0.2, -0.15) is 0 Å². The Labute approximate surface area is 201 Å². The molecule has 2 aromatic rings. The van der Waals surface area contributed by atoms with Crippen molar-refractivity contribution in [3.8, 4) is 0 Å². The minimum absolute atomic E-state index is 0.0277. The fraction of sp³-hybridized carbons (Fsp3) is 0.500. The van der Waals surface area contributed by atoms with E-state index in [0.717, 1.165) is 29.8 Å². The number of ketones is 1. The molecule has 4 aliphatic rings. The van der Waals surface area contributed by atoms with E-state index in [4.69, 9.17) is 0 Å². The maximum absolute atomic E-state index is 13.7. The Kier molecular flexibility index (Phi) is 5.36. The predicted octanol–water partition coefficient (Wildman–Crippen LogP) is 3.16. The lowest BCUT2D eigenvalue weighted by atomic mass is 9.68. The van der Waals surface area contributed by atoms with E-state index in [-0.39, 0.29) is 47.9 Å². The maximum Gasteiger partial charge on any atom is 0.228 e. The molecule has 3 N–H and O–H groups in total. The molecule has 0 radical (unpaired) electrons. The van der Waals surface area contributed by atoms with Gasteiger partial charge in [0.2, 0.25) is 5.91 Å². The van der Waals surface area contributed by atoms with Crippen LogP contribution in [0.3, 0.4) is 0 Å². The third-order valence-corrected chi connectivity index (χ3v) is 8.36. The van der Waals surface area contributed by atoms with Crippen LogP contribution in [-0.2, 0) is 4.79 Å². The summed E-state index contributed by atoms with van der Waals surface area (Å²) in [4.78, 5) is 29.8. The number of fused-ring (bicyclic) bond motifs is 4. The Morgan fingerprint density at radius 1 is 0.853 bits per heavy atom. The second-order valence-electron chi connectivity index (χ2n) is 11.0. The Morgan fingerprint density at radius 2 is 1.56 bits per heavy atom.